The number of benzene rings is 1. The molecular weight excluding hydrogens is 327 g/mol. The zero-order chi connectivity index (χ0) is 18.1. The lowest BCUT2D eigenvalue weighted by molar-refractivity contribution is 0.130. The van der Waals surface area contributed by atoms with E-state index in [2.05, 4.69) is 32.6 Å². The van der Waals surface area contributed by atoms with E-state index in [-0.39, 0.29) is 0 Å². The molecule has 4 nitrogen and oxygen atoms in total. The average molecular weight is 359 g/mol. The van der Waals surface area contributed by atoms with Gasteiger partial charge in [-0.2, -0.15) is 0 Å². The molecule has 1 aliphatic heterocycles. The van der Waals surface area contributed by atoms with E-state index in [4.69, 9.17) is 4.98 Å². The van der Waals surface area contributed by atoms with Crippen LogP contribution in [0.3, 0.4) is 0 Å². The summed E-state index contributed by atoms with van der Waals surface area (Å²) in [5.41, 5.74) is 3.45. The van der Waals surface area contributed by atoms with Crippen LogP contribution < -0.4 is 4.90 Å². The second kappa shape index (κ2) is 7.55. The molecule has 2 aliphatic rings. The third-order valence-electron chi connectivity index (χ3n) is 6.30. The highest BCUT2D eigenvalue weighted by atomic mass is 19.1. The van der Waals surface area contributed by atoms with Crippen molar-refractivity contribution in [2.45, 2.75) is 64.2 Å². The van der Waals surface area contributed by atoms with Crippen LogP contribution in [-0.2, 0) is 13.0 Å². The SMILES string of the molecule is CCC(F)CCN(C)c1ccc2c(c1)nc1n2CCN(C2CCC2)CC1. The number of nitrogens with zero attached hydrogens (tertiary/aromatic N) is 4. The van der Waals surface area contributed by atoms with E-state index in [0.29, 0.717) is 12.8 Å². The van der Waals surface area contributed by atoms with Gasteiger partial charge in [-0.15, -0.1) is 0 Å². The van der Waals surface area contributed by atoms with Crippen LogP contribution in [0.4, 0.5) is 10.1 Å². The Labute approximate surface area is 156 Å². The van der Waals surface area contributed by atoms with Crippen LogP contribution in [0.25, 0.3) is 11.0 Å². The molecule has 26 heavy (non-hydrogen) atoms. The molecule has 0 saturated heterocycles. The minimum atomic E-state index is -0.705. The Kier molecular flexibility index (Phi) is 5.16. The molecule has 1 atom stereocenters. The van der Waals surface area contributed by atoms with Crippen molar-refractivity contribution in [3.8, 4) is 0 Å². The second-order valence-corrected chi connectivity index (χ2v) is 7.94. The molecule has 1 fully saturated rings. The van der Waals surface area contributed by atoms with Gasteiger partial charge in [-0.25, -0.2) is 9.37 Å². The molecule has 0 bridgehead atoms. The molecule has 0 spiro atoms. The van der Waals surface area contributed by atoms with Crippen LogP contribution in [0.15, 0.2) is 18.2 Å². The zero-order valence-electron chi connectivity index (χ0n) is 16.1. The number of rotatable bonds is 6. The molecule has 0 N–H and O–H groups in total. The first kappa shape index (κ1) is 17.8. The maximum Gasteiger partial charge on any atom is 0.111 e. The van der Waals surface area contributed by atoms with Crippen molar-refractivity contribution >= 4 is 16.7 Å². The first-order valence-electron chi connectivity index (χ1n) is 10.2. The third-order valence-corrected chi connectivity index (χ3v) is 6.30. The maximum atomic E-state index is 13.5. The first-order chi connectivity index (χ1) is 12.7. The van der Waals surface area contributed by atoms with Gasteiger partial charge in [0.25, 0.3) is 0 Å². The van der Waals surface area contributed by atoms with E-state index < -0.39 is 6.17 Å². The van der Waals surface area contributed by atoms with Gasteiger partial charge in [0, 0.05) is 51.4 Å². The summed E-state index contributed by atoms with van der Waals surface area (Å²) in [7, 11) is 2.04. The van der Waals surface area contributed by atoms with Crippen LogP contribution in [0.2, 0.25) is 0 Å². The van der Waals surface area contributed by atoms with Gasteiger partial charge in [0.05, 0.1) is 11.0 Å². The van der Waals surface area contributed by atoms with E-state index >= 15 is 0 Å². The monoisotopic (exact) mass is 358 g/mol. The molecule has 1 aliphatic carbocycles. The number of alkyl halides is 1. The van der Waals surface area contributed by atoms with E-state index in [1.165, 1.54) is 30.6 Å². The lowest BCUT2D eigenvalue weighted by Gasteiger charge is -2.36. The topological polar surface area (TPSA) is 24.3 Å². The number of aromatic nitrogens is 2. The van der Waals surface area contributed by atoms with E-state index in [1.807, 2.05) is 14.0 Å². The number of hydrogen-bond acceptors (Lipinski definition) is 3. The number of halogens is 1. The Morgan fingerprint density at radius 2 is 2.12 bits per heavy atom. The lowest BCUT2D eigenvalue weighted by atomic mass is 9.91. The van der Waals surface area contributed by atoms with Crippen molar-refractivity contribution in [1.29, 1.82) is 0 Å². The van der Waals surface area contributed by atoms with Crippen molar-refractivity contribution in [2.24, 2.45) is 0 Å². The maximum absolute atomic E-state index is 13.5. The number of fused-ring (bicyclic) bond motifs is 3. The summed E-state index contributed by atoms with van der Waals surface area (Å²) in [6.45, 7) is 5.96. The lowest BCUT2D eigenvalue weighted by Crippen LogP contribution is -2.41. The van der Waals surface area contributed by atoms with Crippen LogP contribution in [0, 0.1) is 0 Å². The molecule has 1 aromatic heterocycles. The molecule has 1 aromatic carbocycles. The van der Waals surface area contributed by atoms with Gasteiger partial charge in [-0.3, -0.25) is 4.90 Å². The van der Waals surface area contributed by atoms with Crippen LogP contribution in [-0.4, -0.2) is 53.3 Å². The fourth-order valence-corrected chi connectivity index (χ4v) is 4.21. The normalized spacial score (nSPS) is 19.8. The van der Waals surface area contributed by atoms with Gasteiger partial charge in [-0.05, 0) is 43.9 Å². The van der Waals surface area contributed by atoms with Gasteiger partial charge in [0.1, 0.15) is 12.0 Å². The summed E-state index contributed by atoms with van der Waals surface area (Å²) in [6.07, 6.45) is 5.65. The highest BCUT2D eigenvalue weighted by molar-refractivity contribution is 5.80. The Bertz CT molecular complexity index is 752. The third kappa shape index (κ3) is 3.46. The standard InChI is InChI=1S/C21H31FN4/c1-3-16(22)9-11-24(2)18-7-8-20-19(15-18)23-21-10-12-25(13-14-26(20)21)17-5-4-6-17/h7-8,15-17H,3-6,9-14H2,1-2H3. The van der Waals surface area contributed by atoms with Crippen molar-refractivity contribution < 1.29 is 4.39 Å². The predicted octanol–water partition coefficient (Wildman–Crippen LogP) is 4.02. The molecule has 0 amide bonds. The summed E-state index contributed by atoms with van der Waals surface area (Å²) in [6, 6.07) is 7.34. The largest absolute Gasteiger partial charge is 0.374 e. The first-order valence-corrected chi connectivity index (χ1v) is 10.2. The summed E-state index contributed by atoms with van der Waals surface area (Å²) in [5.74, 6) is 1.22. The molecule has 2 aromatic rings. The highest BCUT2D eigenvalue weighted by Gasteiger charge is 2.27. The molecule has 0 radical (unpaired) electrons. The Balaban J connectivity index is 1.49. The smallest absolute Gasteiger partial charge is 0.111 e. The number of imidazole rings is 1. The van der Waals surface area contributed by atoms with Crippen LogP contribution in [0.5, 0.6) is 0 Å². The number of hydrogen-bond donors (Lipinski definition) is 0. The Morgan fingerprint density at radius 3 is 2.85 bits per heavy atom. The molecular formula is C21H31FN4. The zero-order valence-corrected chi connectivity index (χ0v) is 16.1. The molecule has 1 saturated carbocycles. The Hall–Kier alpha value is -1.62. The fraction of sp³-hybridized carbons (Fsp3) is 0.667. The number of anilines is 1. The van der Waals surface area contributed by atoms with Gasteiger partial charge in [0.2, 0.25) is 0 Å². The van der Waals surface area contributed by atoms with Crippen molar-refractivity contribution in [3.63, 3.8) is 0 Å². The van der Waals surface area contributed by atoms with Crippen molar-refractivity contribution in [3.05, 3.63) is 24.0 Å². The average Bonchev–Trinajstić information content (AvgIpc) is 2.84. The minimum absolute atomic E-state index is 0.585. The second-order valence-electron chi connectivity index (χ2n) is 7.94. The van der Waals surface area contributed by atoms with Gasteiger partial charge in [-0.1, -0.05) is 13.3 Å². The van der Waals surface area contributed by atoms with Gasteiger partial charge < -0.3 is 9.47 Å². The predicted molar refractivity (Wildman–Crippen MR) is 106 cm³/mol. The highest BCUT2D eigenvalue weighted by Crippen LogP contribution is 2.28. The molecule has 5 heteroatoms. The summed E-state index contributed by atoms with van der Waals surface area (Å²) >= 11 is 0. The van der Waals surface area contributed by atoms with Gasteiger partial charge in [0.15, 0.2) is 0 Å². The summed E-state index contributed by atoms with van der Waals surface area (Å²) < 4.78 is 15.9. The molecule has 142 valence electrons. The van der Waals surface area contributed by atoms with Crippen molar-refractivity contribution in [1.82, 2.24) is 14.5 Å². The molecule has 4 rings (SSSR count). The quantitative estimate of drug-likeness (QED) is 0.779. The molecule has 2 heterocycles. The van der Waals surface area contributed by atoms with E-state index in [0.717, 1.165) is 49.8 Å². The summed E-state index contributed by atoms with van der Waals surface area (Å²) in [4.78, 5) is 9.74. The fourth-order valence-electron chi connectivity index (χ4n) is 4.21. The summed E-state index contributed by atoms with van der Waals surface area (Å²) in [5, 5.41) is 0. The van der Waals surface area contributed by atoms with Crippen LogP contribution in [0.1, 0.15) is 44.9 Å². The van der Waals surface area contributed by atoms with Crippen LogP contribution >= 0.6 is 0 Å². The van der Waals surface area contributed by atoms with E-state index in [9.17, 15) is 4.39 Å². The minimum Gasteiger partial charge on any atom is -0.374 e. The van der Waals surface area contributed by atoms with Gasteiger partial charge >= 0.3 is 0 Å². The van der Waals surface area contributed by atoms with E-state index in [1.54, 1.807) is 0 Å². The van der Waals surface area contributed by atoms with Crippen molar-refractivity contribution in [2.75, 3.05) is 31.6 Å². The molecule has 1 unspecified atom stereocenters. The Morgan fingerprint density at radius 1 is 1.27 bits per heavy atom.